The van der Waals surface area contributed by atoms with Gasteiger partial charge in [0.1, 0.15) is 17.5 Å². The lowest BCUT2D eigenvalue weighted by atomic mass is 9.80. The van der Waals surface area contributed by atoms with Gasteiger partial charge in [0, 0.05) is 25.1 Å². The van der Waals surface area contributed by atoms with E-state index in [1.807, 2.05) is 6.92 Å². The van der Waals surface area contributed by atoms with E-state index in [0.29, 0.717) is 6.54 Å². The van der Waals surface area contributed by atoms with Gasteiger partial charge >= 0.3 is 0 Å². The molecule has 1 aromatic heterocycles. The molecule has 0 aromatic carbocycles. The fourth-order valence-electron chi connectivity index (χ4n) is 2.50. The van der Waals surface area contributed by atoms with Gasteiger partial charge in [0.25, 0.3) is 0 Å². The molecule has 1 aliphatic carbocycles. The number of anilines is 2. The number of hydrogen-bond donors (Lipinski definition) is 3. The third-order valence-corrected chi connectivity index (χ3v) is 4.08. The maximum atomic E-state index is 10.2. The highest BCUT2D eigenvalue weighted by molar-refractivity contribution is 5.57. The van der Waals surface area contributed by atoms with E-state index in [1.165, 1.54) is 0 Å². The van der Waals surface area contributed by atoms with Gasteiger partial charge in [0.15, 0.2) is 0 Å². The smallest absolute Gasteiger partial charge is 0.134 e. The van der Waals surface area contributed by atoms with Crippen LogP contribution < -0.4 is 10.6 Å². The molecule has 1 aromatic rings. The van der Waals surface area contributed by atoms with Crippen molar-refractivity contribution in [2.75, 3.05) is 23.7 Å². The molecule has 5 nitrogen and oxygen atoms in total. The van der Waals surface area contributed by atoms with Crippen molar-refractivity contribution in [3.05, 3.63) is 11.4 Å². The number of rotatable bonds is 8. The average molecular weight is 292 g/mol. The van der Waals surface area contributed by atoms with Crippen LogP contribution >= 0.6 is 0 Å². The van der Waals surface area contributed by atoms with Crippen molar-refractivity contribution in [2.24, 2.45) is 0 Å². The molecule has 1 aliphatic rings. The van der Waals surface area contributed by atoms with E-state index in [4.69, 9.17) is 0 Å². The number of nitrogens with zero attached hydrogens (tertiary/aromatic N) is 2. The summed E-state index contributed by atoms with van der Waals surface area (Å²) in [4.78, 5) is 9.23. The maximum absolute atomic E-state index is 10.2. The lowest BCUT2D eigenvalue weighted by Gasteiger charge is -2.36. The average Bonchev–Trinajstić information content (AvgIpc) is 2.44. The predicted molar refractivity (Wildman–Crippen MR) is 86.8 cm³/mol. The molecule has 0 atom stereocenters. The van der Waals surface area contributed by atoms with Crippen LogP contribution in [-0.2, 0) is 6.42 Å². The quantitative estimate of drug-likeness (QED) is 0.687. The molecular formula is C16H28N4O. The molecule has 0 spiro atoms. The lowest BCUT2D eigenvalue weighted by Crippen LogP contribution is -2.43. The Kier molecular flexibility index (Phi) is 5.39. The second kappa shape index (κ2) is 7.07. The lowest BCUT2D eigenvalue weighted by molar-refractivity contribution is -0.0202. The summed E-state index contributed by atoms with van der Waals surface area (Å²) in [6.07, 6.45) is 5.85. The second-order valence-electron chi connectivity index (χ2n) is 6.07. The van der Waals surface area contributed by atoms with Crippen LogP contribution in [0.3, 0.4) is 0 Å². The van der Waals surface area contributed by atoms with Gasteiger partial charge in [-0.3, -0.25) is 0 Å². The van der Waals surface area contributed by atoms with E-state index in [0.717, 1.165) is 68.1 Å². The van der Waals surface area contributed by atoms with E-state index >= 15 is 0 Å². The van der Waals surface area contributed by atoms with Crippen LogP contribution in [0.5, 0.6) is 0 Å². The topological polar surface area (TPSA) is 70.1 Å². The van der Waals surface area contributed by atoms with Crippen LogP contribution in [0.25, 0.3) is 0 Å². The highest BCUT2D eigenvalue weighted by atomic mass is 16.3. The zero-order chi connectivity index (χ0) is 15.3. The molecule has 1 saturated carbocycles. The van der Waals surface area contributed by atoms with Crippen LogP contribution in [0.15, 0.2) is 0 Å². The number of aromatic nitrogens is 2. The van der Waals surface area contributed by atoms with Crippen molar-refractivity contribution in [3.63, 3.8) is 0 Å². The molecule has 1 heterocycles. The van der Waals surface area contributed by atoms with Crippen molar-refractivity contribution in [2.45, 2.75) is 64.9 Å². The Balaban J connectivity index is 2.14. The fourth-order valence-corrected chi connectivity index (χ4v) is 2.50. The minimum absolute atomic E-state index is 0.542. The standard InChI is InChI=1S/C16H28N4O/c1-4-7-13-19-14(17-10-5-2)12(3)15(20-13)18-11-16(21)8-6-9-16/h21H,4-11H2,1-3H3,(H2,17,18,19,20). The van der Waals surface area contributed by atoms with Crippen LogP contribution in [-0.4, -0.2) is 33.8 Å². The Bertz CT molecular complexity index is 472. The minimum atomic E-state index is -0.542. The van der Waals surface area contributed by atoms with Crippen LogP contribution in [0.1, 0.15) is 57.3 Å². The van der Waals surface area contributed by atoms with Gasteiger partial charge in [0.05, 0.1) is 5.60 Å². The van der Waals surface area contributed by atoms with Crippen LogP contribution in [0.4, 0.5) is 11.6 Å². The molecule has 2 rings (SSSR count). The molecular weight excluding hydrogens is 264 g/mol. The molecule has 21 heavy (non-hydrogen) atoms. The molecule has 0 radical (unpaired) electrons. The number of aryl methyl sites for hydroxylation is 1. The van der Waals surface area contributed by atoms with Gasteiger partial charge in [-0.2, -0.15) is 0 Å². The number of nitrogens with one attached hydrogen (secondary N) is 2. The molecule has 0 unspecified atom stereocenters. The first-order chi connectivity index (χ1) is 10.1. The maximum Gasteiger partial charge on any atom is 0.134 e. The van der Waals surface area contributed by atoms with Crippen LogP contribution in [0.2, 0.25) is 0 Å². The molecule has 1 fully saturated rings. The Labute approximate surface area is 127 Å². The van der Waals surface area contributed by atoms with E-state index in [9.17, 15) is 5.11 Å². The third kappa shape index (κ3) is 4.06. The van der Waals surface area contributed by atoms with Crippen molar-refractivity contribution in [3.8, 4) is 0 Å². The van der Waals surface area contributed by atoms with Crippen molar-refractivity contribution in [1.29, 1.82) is 0 Å². The minimum Gasteiger partial charge on any atom is -0.388 e. The molecule has 0 saturated heterocycles. The molecule has 0 amide bonds. The van der Waals surface area contributed by atoms with E-state index in [2.05, 4.69) is 34.4 Å². The SMILES string of the molecule is CCCNc1nc(CCC)nc(NCC2(O)CCC2)c1C. The zero-order valence-electron chi connectivity index (χ0n) is 13.5. The van der Waals surface area contributed by atoms with Gasteiger partial charge in [0.2, 0.25) is 0 Å². The zero-order valence-corrected chi connectivity index (χ0v) is 13.5. The first-order valence-electron chi connectivity index (χ1n) is 8.15. The number of aliphatic hydroxyl groups is 1. The summed E-state index contributed by atoms with van der Waals surface area (Å²) >= 11 is 0. The normalized spacial score (nSPS) is 16.4. The Morgan fingerprint density at radius 3 is 2.29 bits per heavy atom. The van der Waals surface area contributed by atoms with E-state index in [1.54, 1.807) is 0 Å². The molecule has 3 N–H and O–H groups in total. The predicted octanol–water partition coefficient (Wildman–Crippen LogP) is 2.89. The van der Waals surface area contributed by atoms with Crippen molar-refractivity contribution in [1.82, 2.24) is 9.97 Å². The van der Waals surface area contributed by atoms with Gasteiger partial charge in [-0.25, -0.2) is 9.97 Å². The van der Waals surface area contributed by atoms with Gasteiger partial charge in [-0.05, 0) is 39.0 Å². The molecule has 5 heteroatoms. The van der Waals surface area contributed by atoms with E-state index < -0.39 is 5.60 Å². The van der Waals surface area contributed by atoms with Gasteiger partial charge in [-0.15, -0.1) is 0 Å². The Hall–Kier alpha value is -1.36. The first kappa shape index (κ1) is 16.0. The molecule has 0 aliphatic heterocycles. The molecule has 0 bridgehead atoms. The fraction of sp³-hybridized carbons (Fsp3) is 0.750. The number of hydrogen-bond acceptors (Lipinski definition) is 5. The van der Waals surface area contributed by atoms with E-state index in [-0.39, 0.29) is 0 Å². The van der Waals surface area contributed by atoms with Crippen molar-refractivity contribution >= 4 is 11.6 Å². The Morgan fingerprint density at radius 2 is 1.76 bits per heavy atom. The second-order valence-corrected chi connectivity index (χ2v) is 6.07. The van der Waals surface area contributed by atoms with Crippen LogP contribution in [0, 0.1) is 6.92 Å². The highest BCUT2D eigenvalue weighted by Gasteiger charge is 2.34. The Morgan fingerprint density at radius 1 is 1.10 bits per heavy atom. The summed E-state index contributed by atoms with van der Waals surface area (Å²) in [6.45, 7) is 7.78. The highest BCUT2D eigenvalue weighted by Crippen LogP contribution is 2.32. The molecule has 118 valence electrons. The summed E-state index contributed by atoms with van der Waals surface area (Å²) in [5, 5.41) is 16.9. The van der Waals surface area contributed by atoms with Gasteiger partial charge < -0.3 is 15.7 Å². The third-order valence-electron chi connectivity index (χ3n) is 4.08. The monoisotopic (exact) mass is 292 g/mol. The largest absolute Gasteiger partial charge is 0.388 e. The summed E-state index contributed by atoms with van der Waals surface area (Å²) < 4.78 is 0. The summed E-state index contributed by atoms with van der Waals surface area (Å²) in [6, 6.07) is 0. The van der Waals surface area contributed by atoms with Crippen molar-refractivity contribution < 1.29 is 5.11 Å². The summed E-state index contributed by atoms with van der Waals surface area (Å²) in [7, 11) is 0. The van der Waals surface area contributed by atoms with Gasteiger partial charge in [-0.1, -0.05) is 13.8 Å². The summed E-state index contributed by atoms with van der Waals surface area (Å²) in [5.41, 5.74) is 0.491. The first-order valence-corrected chi connectivity index (χ1v) is 8.15. The summed E-state index contributed by atoms with van der Waals surface area (Å²) in [5.74, 6) is 2.63.